The smallest absolute Gasteiger partial charge is 0.315 e. The molecule has 0 saturated heterocycles. The first-order valence-corrected chi connectivity index (χ1v) is 4.21. The van der Waals surface area contributed by atoms with Gasteiger partial charge in [0.2, 0.25) is 0 Å². The predicted molar refractivity (Wildman–Crippen MR) is 51.1 cm³/mol. The van der Waals surface area contributed by atoms with Crippen molar-refractivity contribution >= 4 is 17.4 Å². The van der Waals surface area contributed by atoms with Crippen molar-refractivity contribution in [3.8, 4) is 0 Å². The molecule has 1 N–H and O–H groups in total. The topological polar surface area (TPSA) is 46.2 Å². The molecule has 1 rings (SSSR count). The summed E-state index contributed by atoms with van der Waals surface area (Å²) in [6.45, 7) is 1.30. The number of ketones is 1. The minimum absolute atomic E-state index is 0.107. The van der Waals surface area contributed by atoms with Crippen molar-refractivity contribution in [2.75, 3.05) is 5.32 Å². The molecule has 80 valence electrons. The Kier molecular flexibility index (Phi) is 3.49. The van der Waals surface area contributed by atoms with E-state index < -0.39 is 12.3 Å². The van der Waals surface area contributed by atoms with Crippen LogP contribution in [0, 0.1) is 0 Å². The van der Waals surface area contributed by atoms with Crippen LogP contribution in [0.5, 0.6) is 0 Å². The molecule has 0 atom stereocenters. The first kappa shape index (κ1) is 11.3. The number of nitrogens with one attached hydrogen (secondary N) is 1. The van der Waals surface area contributed by atoms with Gasteiger partial charge in [0.1, 0.15) is 0 Å². The third-order valence-corrected chi connectivity index (χ3v) is 1.76. The van der Waals surface area contributed by atoms with Crippen molar-refractivity contribution in [3.63, 3.8) is 0 Å². The van der Waals surface area contributed by atoms with Crippen molar-refractivity contribution in [2.24, 2.45) is 0 Å². The Morgan fingerprint density at radius 2 is 1.87 bits per heavy atom. The van der Waals surface area contributed by atoms with Gasteiger partial charge in [-0.05, 0) is 19.1 Å². The van der Waals surface area contributed by atoms with Gasteiger partial charge in [0.15, 0.2) is 5.78 Å². The van der Waals surface area contributed by atoms with E-state index in [1.807, 2.05) is 5.32 Å². The standard InChI is InChI=1S/C10H9F2NO2/c1-6(14)7-4-2-3-5-8(7)13-10(15)9(11)12/h2-5,9H,1H3,(H,13,15). The number of para-hydroxylation sites is 1. The van der Waals surface area contributed by atoms with E-state index >= 15 is 0 Å². The zero-order chi connectivity index (χ0) is 11.4. The Hall–Kier alpha value is -1.78. The van der Waals surface area contributed by atoms with E-state index in [1.165, 1.54) is 19.1 Å². The van der Waals surface area contributed by atoms with Crippen LogP contribution in [-0.2, 0) is 4.79 Å². The van der Waals surface area contributed by atoms with Gasteiger partial charge in [-0.2, -0.15) is 8.78 Å². The van der Waals surface area contributed by atoms with Gasteiger partial charge >= 0.3 is 6.43 Å². The number of carbonyl (C=O) groups is 2. The minimum atomic E-state index is -3.09. The highest BCUT2D eigenvalue weighted by Crippen LogP contribution is 2.16. The van der Waals surface area contributed by atoms with Gasteiger partial charge < -0.3 is 5.32 Å². The molecule has 0 spiro atoms. The van der Waals surface area contributed by atoms with Crippen molar-refractivity contribution in [3.05, 3.63) is 29.8 Å². The van der Waals surface area contributed by atoms with E-state index in [2.05, 4.69) is 0 Å². The van der Waals surface area contributed by atoms with Crippen LogP contribution in [0.2, 0.25) is 0 Å². The lowest BCUT2D eigenvalue weighted by Gasteiger charge is -2.07. The van der Waals surface area contributed by atoms with Crippen LogP contribution in [-0.4, -0.2) is 18.1 Å². The molecule has 1 aromatic carbocycles. The Bertz CT molecular complexity index is 391. The molecule has 15 heavy (non-hydrogen) atoms. The fourth-order valence-corrected chi connectivity index (χ4v) is 1.09. The second-order valence-electron chi connectivity index (χ2n) is 2.89. The maximum atomic E-state index is 11.9. The van der Waals surface area contributed by atoms with Gasteiger partial charge in [0.25, 0.3) is 5.91 Å². The van der Waals surface area contributed by atoms with E-state index in [-0.39, 0.29) is 17.0 Å². The first-order valence-electron chi connectivity index (χ1n) is 4.21. The molecular formula is C10H9F2NO2. The molecule has 3 nitrogen and oxygen atoms in total. The number of hydrogen-bond donors (Lipinski definition) is 1. The van der Waals surface area contributed by atoms with E-state index in [4.69, 9.17) is 0 Å². The minimum Gasteiger partial charge on any atom is -0.320 e. The molecule has 0 aromatic heterocycles. The van der Waals surface area contributed by atoms with E-state index in [0.29, 0.717) is 0 Å². The summed E-state index contributed by atoms with van der Waals surface area (Å²) >= 11 is 0. The first-order chi connectivity index (χ1) is 7.02. The van der Waals surface area contributed by atoms with Crippen molar-refractivity contribution < 1.29 is 18.4 Å². The molecule has 0 radical (unpaired) electrons. The van der Waals surface area contributed by atoms with E-state index in [0.717, 1.165) is 0 Å². The fraction of sp³-hybridized carbons (Fsp3) is 0.200. The highest BCUT2D eigenvalue weighted by Gasteiger charge is 2.17. The molecule has 0 aliphatic rings. The number of Topliss-reactive ketones (excluding diaryl/α,β-unsaturated/α-hetero) is 1. The largest absolute Gasteiger partial charge is 0.320 e. The van der Waals surface area contributed by atoms with Gasteiger partial charge in [-0.15, -0.1) is 0 Å². The summed E-state index contributed by atoms with van der Waals surface area (Å²) in [6.07, 6.45) is -3.09. The van der Waals surface area contributed by atoms with E-state index in [1.54, 1.807) is 12.1 Å². The molecule has 5 heteroatoms. The monoisotopic (exact) mass is 213 g/mol. The molecule has 0 unspecified atom stereocenters. The SMILES string of the molecule is CC(=O)c1ccccc1NC(=O)C(F)F. The molecule has 0 aliphatic carbocycles. The van der Waals surface area contributed by atoms with Crippen molar-refractivity contribution in [1.82, 2.24) is 0 Å². The van der Waals surface area contributed by atoms with Crippen LogP contribution < -0.4 is 5.32 Å². The summed E-state index contributed by atoms with van der Waals surface area (Å²) in [7, 11) is 0. The Balaban J connectivity index is 2.94. The molecular weight excluding hydrogens is 204 g/mol. The van der Waals surface area contributed by atoms with Crippen molar-refractivity contribution in [1.29, 1.82) is 0 Å². The number of amides is 1. The number of halogens is 2. The molecule has 0 bridgehead atoms. The lowest BCUT2D eigenvalue weighted by Crippen LogP contribution is -2.21. The zero-order valence-corrected chi connectivity index (χ0v) is 7.96. The number of rotatable bonds is 3. The van der Waals surface area contributed by atoms with Crippen LogP contribution >= 0.6 is 0 Å². The van der Waals surface area contributed by atoms with E-state index in [9.17, 15) is 18.4 Å². The highest BCUT2D eigenvalue weighted by molar-refractivity contribution is 6.04. The average Bonchev–Trinajstić information content (AvgIpc) is 2.18. The zero-order valence-electron chi connectivity index (χ0n) is 7.96. The van der Waals surface area contributed by atoms with Crippen LogP contribution in [0.3, 0.4) is 0 Å². The Morgan fingerprint density at radius 3 is 2.40 bits per heavy atom. The number of benzene rings is 1. The van der Waals surface area contributed by atoms with Gasteiger partial charge in [0.05, 0.1) is 5.69 Å². The summed E-state index contributed by atoms with van der Waals surface area (Å²) in [6, 6.07) is 6.00. The molecule has 1 aromatic rings. The van der Waals surface area contributed by atoms with Gasteiger partial charge in [-0.25, -0.2) is 0 Å². The third kappa shape index (κ3) is 2.83. The fourth-order valence-electron chi connectivity index (χ4n) is 1.09. The second-order valence-corrected chi connectivity index (χ2v) is 2.89. The summed E-state index contributed by atoms with van der Waals surface area (Å²) in [5, 5.41) is 1.98. The molecule has 0 fully saturated rings. The number of carbonyl (C=O) groups excluding carboxylic acids is 2. The molecule has 0 saturated carbocycles. The van der Waals surface area contributed by atoms with Gasteiger partial charge in [-0.1, -0.05) is 12.1 Å². The van der Waals surface area contributed by atoms with Crippen molar-refractivity contribution in [2.45, 2.75) is 13.3 Å². The number of alkyl halides is 2. The molecule has 0 heterocycles. The average molecular weight is 213 g/mol. The summed E-state index contributed by atoms with van der Waals surface area (Å²) in [4.78, 5) is 21.8. The van der Waals surface area contributed by atoms with Crippen LogP contribution in [0.4, 0.5) is 14.5 Å². The summed E-state index contributed by atoms with van der Waals surface area (Å²) in [5.74, 6) is -1.70. The maximum absolute atomic E-state index is 11.9. The normalized spacial score (nSPS) is 10.1. The Morgan fingerprint density at radius 1 is 1.27 bits per heavy atom. The van der Waals surface area contributed by atoms with Gasteiger partial charge in [-0.3, -0.25) is 9.59 Å². The summed E-state index contributed by atoms with van der Waals surface area (Å²) < 4.78 is 23.9. The predicted octanol–water partition coefficient (Wildman–Crippen LogP) is 2.09. The summed E-state index contributed by atoms with van der Waals surface area (Å²) in [5.41, 5.74) is 0.321. The lowest BCUT2D eigenvalue weighted by molar-refractivity contribution is -0.126. The highest BCUT2D eigenvalue weighted by atomic mass is 19.3. The number of hydrogen-bond acceptors (Lipinski definition) is 2. The third-order valence-electron chi connectivity index (χ3n) is 1.76. The Labute approximate surface area is 85.1 Å². The lowest BCUT2D eigenvalue weighted by atomic mass is 10.1. The van der Waals surface area contributed by atoms with Crippen LogP contribution in [0.1, 0.15) is 17.3 Å². The number of anilines is 1. The second kappa shape index (κ2) is 4.63. The van der Waals surface area contributed by atoms with Crippen LogP contribution in [0.25, 0.3) is 0 Å². The van der Waals surface area contributed by atoms with Crippen LogP contribution in [0.15, 0.2) is 24.3 Å². The molecule has 0 aliphatic heterocycles. The van der Waals surface area contributed by atoms with Gasteiger partial charge in [0, 0.05) is 5.56 Å². The molecule has 1 amide bonds. The maximum Gasteiger partial charge on any atom is 0.315 e. The quantitative estimate of drug-likeness (QED) is 0.781.